The van der Waals surface area contributed by atoms with Crippen molar-refractivity contribution in [3.63, 3.8) is 0 Å². The Morgan fingerprint density at radius 1 is 0.600 bits per heavy atom. The van der Waals surface area contributed by atoms with E-state index in [1.807, 2.05) is 13.8 Å². The van der Waals surface area contributed by atoms with Gasteiger partial charge in [0, 0.05) is 32.7 Å². The van der Waals surface area contributed by atoms with Gasteiger partial charge in [0.05, 0.1) is 0 Å². The van der Waals surface area contributed by atoms with Gasteiger partial charge in [0.25, 0.3) is 0 Å². The standard InChI is InChI=1S/C6H12.C2H6.CH3.Y/c1-2-4-6-5-3-1;1-2;;/h1-6H2;1-2H3;1H3;/q;;-1;. The SMILES string of the molecule is C1CCCCC1.CC.[CH3-].[Y]. The van der Waals surface area contributed by atoms with Gasteiger partial charge in [-0.3, -0.25) is 0 Å². The van der Waals surface area contributed by atoms with Crippen LogP contribution in [0.4, 0.5) is 0 Å². The molecule has 0 amide bonds. The Labute approximate surface area is 92.0 Å². The van der Waals surface area contributed by atoms with Crippen LogP contribution in [0.15, 0.2) is 0 Å². The Morgan fingerprint density at radius 3 is 0.800 bits per heavy atom. The molecule has 0 heterocycles. The van der Waals surface area contributed by atoms with Crippen LogP contribution in [0.2, 0.25) is 0 Å². The van der Waals surface area contributed by atoms with E-state index >= 15 is 0 Å². The summed E-state index contributed by atoms with van der Waals surface area (Å²) >= 11 is 0. The molecule has 1 aliphatic carbocycles. The third-order valence-corrected chi connectivity index (χ3v) is 1.50. The smallest absolute Gasteiger partial charge is 0 e. The second kappa shape index (κ2) is 16.6. The maximum absolute atomic E-state index is 2.00. The van der Waals surface area contributed by atoms with Gasteiger partial charge in [0.15, 0.2) is 0 Å². The summed E-state index contributed by atoms with van der Waals surface area (Å²) in [7, 11) is 0. The summed E-state index contributed by atoms with van der Waals surface area (Å²) in [6.45, 7) is 4.00. The number of rotatable bonds is 0. The minimum Gasteiger partial charge on any atom is -0.358 e. The first-order valence-electron chi connectivity index (χ1n) is 4.00. The molecule has 0 N–H and O–H groups in total. The van der Waals surface area contributed by atoms with Crippen LogP contribution in [0.1, 0.15) is 52.4 Å². The van der Waals surface area contributed by atoms with Gasteiger partial charge in [-0.1, -0.05) is 52.4 Å². The fourth-order valence-corrected chi connectivity index (χ4v) is 1.06. The fourth-order valence-electron chi connectivity index (χ4n) is 1.06. The maximum Gasteiger partial charge on any atom is 0 e. The molecule has 1 fully saturated rings. The van der Waals surface area contributed by atoms with Crippen molar-refractivity contribution in [2.75, 3.05) is 0 Å². The molecule has 1 aliphatic rings. The van der Waals surface area contributed by atoms with Crippen molar-refractivity contribution in [3.05, 3.63) is 7.43 Å². The molecule has 1 saturated carbocycles. The number of hydrogen-bond acceptors (Lipinski definition) is 0. The fraction of sp³-hybridized carbons (Fsp3) is 0.889. The van der Waals surface area contributed by atoms with Crippen molar-refractivity contribution < 1.29 is 32.7 Å². The quantitative estimate of drug-likeness (QED) is 0.542. The molecule has 0 spiro atoms. The van der Waals surface area contributed by atoms with Crippen LogP contribution >= 0.6 is 0 Å². The monoisotopic (exact) mass is 218 g/mol. The van der Waals surface area contributed by atoms with Crippen molar-refractivity contribution in [2.24, 2.45) is 0 Å². The van der Waals surface area contributed by atoms with Crippen LogP contribution in [0.3, 0.4) is 0 Å². The minimum absolute atomic E-state index is 0. The predicted molar refractivity (Wildman–Crippen MR) is 45.5 cm³/mol. The summed E-state index contributed by atoms with van der Waals surface area (Å²) in [4.78, 5) is 0. The molecule has 0 atom stereocenters. The summed E-state index contributed by atoms with van der Waals surface area (Å²) in [5.41, 5.74) is 0. The summed E-state index contributed by atoms with van der Waals surface area (Å²) in [6.07, 6.45) is 9.00. The molecular formula is C9H21Y-. The summed E-state index contributed by atoms with van der Waals surface area (Å²) in [5, 5.41) is 0. The summed E-state index contributed by atoms with van der Waals surface area (Å²) < 4.78 is 0. The van der Waals surface area contributed by atoms with Crippen LogP contribution in [-0.4, -0.2) is 0 Å². The zero-order valence-electron chi connectivity index (χ0n) is 7.82. The Kier molecular flexibility index (Phi) is 28.6. The van der Waals surface area contributed by atoms with Gasteiger partial charge in [0.2, 0.25) is 0 Å². The van der Waals surface area contributed by atoms with Crippen molar-refractivity contribution >= 4 is 0 Å². The van der Waals surface area contributed by atoms with Gasteiger partial charge in [-0.25, -0.2) is 0 Å². The zero-order valence-corrected chi connectivity index (χ0v) is 10.7. The third kappa shape index (κ3) is 11.8. The Hall–Kier alpha value is 1.10. The van der Waals surface area contributed by atoms with Crippen molar-refractivity contribution in [3.8, 4) is 0 Å². The molecule has 0 aromatic heterocycles. The van der Waals surface area contributed by atoms with Crippen molar-refractivity contribution in [1.82, 2.24) is 0 Å². The normalized spacial score (nSPS) is 15.0. The van der Waals surface area contributed by atoms with Crippen LogP contribution in [0, 0.1) is 7.43 Å². The van der Waals surface area contributed by atoms with E-state index in [0.29, 0.717) is 0 Å². The first-order chi connectivity index (χ1) is 4.00. The first kappa shape index (κ1) is 17.3. The molecule has 0 unspecified atom stereocenters. The molecule has 0 bridgehead atoms. The average molecular weight is 218 g/mol. The summed E-state index contributed by atoms with van der Waals surface area (Å²) in [6, 6.07) is 0. The van der Waals surface area contributed by atoms with Gasteiger partial charge < -0.3 is 7.43 Å². The van der Waals surface area contributed by atoms with Crippen LogP contribution in [0.25, 0.3) is 0 Å². The van der Waals surface area contributed by atoms with E-state index in [9.17, 15) is 0 Å². The van der Waals surface area contributed by atoms with E-state index in [-0.39, 0.29) is 40.1 Å². The second-order valence-electron chi connectivity index (χ2n) is 2.12. The van der Waals surface area contributed by atoms with Crippen molar-refractivity contribution in [1.29, 1.82) is 0 Å². The molecule has 0 nitrogen and oxygen atoms in total. The Morgan fingerprint density at radius 2 is 0.700 bits per heavy atom. The van der Waals surface area contributed by atoms with Gasteiger partial charge in [0.1, 0.15) is 0 Å². The third-order valence-electron chi connectivity index (χ3n) is 1.50. The van der Waals surface area contributed by atoms with Crippen molar-refractivity contribution in [2.45, 2.75) is 52.4 Å². The second-order valence-corrected chi connectivity index (χ2v) is 2.12. The van der Waals surface area contributed by atoms with E-state index in [1.54, 1.807) is 0 Å². The van der Waals surface area contributed by atoms with Crippen LogP contribution < -0.4 is 0 Å². The predicted octanol–water partition coefficient (Wildman–Crippen LogP) is 3.81. The molecule has 1 heteroatoms. The minimum atomic E-state index is 0. The Balaban J connectivity index is -0.000000114. The Bertz CT molecular complexity index is 20.2. The number of hydrogen-bond donors (Lipinski definition) is 0. The van der Waals surface area contributed by atoms with Gasteiger partial charge in [-0.15, -0.1) is 0 Å². The van der Waals surface area contributed by atoms with E-state index in [2.05, 4.69) is 0 Å². The maximum atomic E-state index is 2.00. The molecule has 61 valence electrons. The first-order valence-corrected chi connectivity index (χ1v) is 4.00. The average Bonchev–Trinajstić information content (AvgIpc) is 1.96. The molecule has 1 radical (unpaired) electrons. The van der Waals surface area contributed by atoms with E-state index in [4.69, 9.17) is 0 Å². The topological polar surface area (TPSA) is 0 Å². The van der Waals surface area contributed by atoms with E-state index in [1.165, 1.54) is 38.5 Å². The molecule has 0 aromatic carbocycles. The molecule has 1 rings (SSSR count). The van der Waals surface area contributed by atoms with Gasteiger partial charge in [-0.2, -0.15) is 0 Å². The van der Waals surface area contributed by atoms with E-state index in [0.717, 1.165) is 0 Å². The largest absolute Gasteiger partial charge is 0.358 e. The van der Waals surface area contributed by atoms with Crippen LogP contribution in [0.5, 0.6) is 0 Å². The van der Waals surface area contributed by atoms with Gasteiger partial charge >= 0.3 is 0 Å². The van der Waals surface area contributed by atoms with E-state index < -0.39 is 0 Å². The van der Waals surface area contributed by atoms with Crippen LogP contribution in [-0.2, 0) is 32.7 Å². The molecule has 0 aliphatic heterocycles. The molecule has 0 saturated heterocycles. The summed E-state index contributed by atoms with van der Waals surface area (Å²) in [5.74, 6) is 0. The molecular weight excluding hydrogens is 197 g/mol. The zero-order chi connectivity index (χ0) is 6.24. The molecule has 0 aromatic rings. The molecule has 10 heavy (non-hydrogen) atoms. The van der Waals surface area contributed by atoms with Gasteiger partial charge in [-0.05, 0) is 0 Å².